The summed E-state index contributed by atoms with van der Waals surface area (Å²) in [7, 11) is 0. The van der Waals surface area contributed by atoms with Gasteiger partial charge in [-0.2, -0.15) is 9.61 Å². The van der Waals surface area contributed by atoms with Crippen molar-refractivity contribution in [2.75, 3.05) is 5.32 Å². The average molecular weight is 422 g/mol. The van der Waals surface area contributed by atoms with E-state index in [1.165, 1.54) is 0 Å². The molecule has 0 aliphatic heterocycles. The van der Waals surface area contributed by atoms with Gasteiger partial charge >= 0.3 is 0 Å². The zero-order chi connectivity index (χ0) is 20.8. The topological polar surface area (TPSA) is 95.6 Å². The number of hydrogen-bond donors (Lipinski definition) is 3. The largest absolute Gasteiger partial charge is 0.390 e. The Bertz CT molecular complexity index is 1190. The van der Waals surface area contributed by atoms with Crippen LogP contribution in [-0.4, -0.2) is 48.0 Å². The van der Waals surface area contributed by atoms with E-state index in [1.807, 2.05) is 44.2 Å². The fourth-order valence-corrected chi connectivity index (χ4v) is 4.97. The maximum Gasteiger partial charge on any atom is 0.157 e. The highest BCUT2D eigenvalue weighted by molar-refractivity contribution is 7.15. The second-order valence-corrected chi connectivity index (χ2v) is 9.07. The number of anilines is 1. The molecule has 1 aliphatic rings. The molecule has 0 amide bonds. The first-order valence-corrected chi connectivity index (χ1v) is 10.8. The summed E-state index contributed by atoms with van der Waals surface area (Å²) in [5, 5.41) is 29.4. The number of aryl methyl sites for hydroxylation is 1. The minimum Gasteiger partial charge on any atom is -0.390 e. The molecular formula is C22H23N5O2S. The summed E-state index contributed by atoms with van der Waals surface area (Å²) in [6.45, 7) is 3.99. The highest BCUT2D eigenvalue weighted by Gasteiger charge is 2.39. The van der Waals surface area contributed by atoms with E-state index in [1.54, 1.807) is 22.0 Å². The maximum absolute atomic E-state index is 10.3. The third-order valence-corrected chi connectivity index (χ3v) is 6.74. The summed E-state index contributed by atoms with van der Waals surface area (Å²) in [4.78, 5) is 10.4. The Hall–Kier alpha value is -2.81. The van der Waals surface area contributed by atoms with Crippen molar-refractivity contribution < 1.29 is 10.2 Å². The van der Waals surface area contributed by atoms with E-state index < -0.39 is 12.2 Å². The normalized spacial score (nSPS) is 23.9. The number of rotatable bonds is 4. The summed E-state index contributed by atoms with van der Waals surface area (Å²) < 4.78 is 1.73. The second-order valence-electron chi connectivity index (χ2n) is 7.86. The number of benzene rings is 1. The molecule has 0 spiro atoms. The van der Waals surface area contributed by atoms with Crippen LogP contribution in [0.4, 0.5) is 5.82 Å². The van der Waals surface area contributed by atoms with Gasteiger partial charge in [-0.25, -0.2) is 9.97 Å². The molecule has 30 heavy (non-hydrogen) atoms. The first kappa shape index (κ1) is 19.2. The molecule has 0 bridgehead atoms. The summed E-state index contributed by atoms with van der Waals surface area (Å²) in [5.74, 6) is 0.768. The number of nitrogens with one attached hydrogen (secondary N) is 1. The first-order valence-electron chi connectivity index (χ1n) is 10.0. The van der Waals surface area contributed by atoms with Crippen LogP contribution in [0.15, 0.2) is 48.7 Å². The lowest BCUT2D eigenvalue weighted by atomic mass is 10.1. The predicted octanol–water partition coefficient (Wildman–Crippen LogP) is 3.37. The van der Waals surface area contributed by atoms with Gasteiger partial charge in [-0.3, -0.25) is 0 Å². The predicted molar refractivity (Wildman–Crippen MR) is 117 cm³/mol. The Balaban J connectivity index is 1.49. The smallest absolute Gasteiger partial charge is 0.157 e. The van der Waals surface area contributed by atoms with Crippen LogP contribution in [0.25, 0.3) is 27.6 Å². The molecule has 0 unspecified atom stereocenters. The third-order valence-electron chi connectivity index (χ3n) is 5.72. The lowest BCUT2D eigenvalue weighted by molar-refractivity contribution is 0.0210. The minimum absolute atomic E-state index is 0.0390. The van der Waals surface area contributed by atoms with Gasteiger partial charge in [-0.1, -0.05) is 37.3 Å². The molecule has 0 radical (unpaired) electrons. The molecule has 5 rings (SSSR count). The second kappa shape index (κ2) is 7.46. The van der Waals surface area contributed by atoms with Gasteiger partial charge in [-0.05, 0) is 25.3 Å². The van der Waals surface area contributed by atoms with E-state index in [-0.39, 0.29) is 12.0 Å². The van der Waals surface area contributed by atoms with Gasteiger partial charge < -0.3 is 15.5 Å². The highest BCUT2D eigenvalue weighted by atomic mass is 32.1. The first-order chi connectivity index (χ1) is 14.5. The zero-order valence-electron chi connectivity index (χ0n) is 16.7. The molecule has 1 aliphatic carbocycles. The van der Waals surface area contributed by atoms with Crippen LogP contribution in [0, 0.1) is 12.8 Å². The van der Waals surface area contributed by atoms with Gasteiger partial charge in [0.2, 0.25) is 0 Å². The maximum atomic E-state index is 10.3. The molecule has 8 heteroatoms. The third kappa shape index (κ3) is 3.27. The standard InChI is InChI=1S/C22H23N5O2S/c1-12-10-16(21(29)20(12)28)24-17-8-9-23-18-11-15(26-27(17)18)19-13(2)30-22(25-19)14-6-4-3-5-7-14/h3-9,11-12,16,20-21,24,28-29H,10H2,1-2H3/t12-,16-,20-,21+/m1/s1. The van der Waals surface area contributed by atoms with Gasteiger partial charge in [0, 0.05) is 22.7 Å². The molecule has 7 nitrogen and oxygen atoms in total. The fourth-order valence-electron chi connectivity index (χ4n) is 4.05. The molecule has 4 aromatic rings. The quantitative estimate of drug-likeness (QED) is 0.468. The van der Waals surface area contributed by atoms with Gasteiger partial charge in [0.25, 0.3) is 0 Å². The van der Waals surface area contributed by atoms with Gasteiger partial charge in [0.05, 0.1) is 12.1 Å². The summed E-state index contributed by atoms with van der Waals surface area (Å²) in [5.41, 5.74) is 3.39. The van der Waals surface area contributed by atoms with E-state index in [9.17, 15) is 10.2 Å². The van der Waals surface area contributed by atoms with Gasteiger partial charge in [0.15, 0.2) is 5.65 Å². The molecule has 1 fully saturated rings. The Morgan fingerprint density at radius 3 is 2.67 bits per heavy atom. The van der Waals surface area contributed by atoms with Crippen molar-refractivity contribution in [1.82, 2.24) is 19.6 Å². The van der Waals surface area contributed by atoms with Crippen LogP contribution in [0.5, 0.6) is 0 Å². The van der Waals surface area contributed by atoms with Crippen molar-refractivity contribution in [2.45, 2.75) is 38.5 Å². The SMILES string of the molecule is Cc1sc(-c2ccccc2)nc1-c1cc2nccc(N[C@@H]3C[C@@H](C)[C@@H](O)[C@H]3O)n2n1. The van der Waals surface area contributed by atoms with Gasteiger partial charge in [0.1, 0.15) is 28.3 Å². The van der Waals surface area contributed by atoms with Crippen molar-refractivity contribution >= 4 is 22.8 Å². The number of aromatic nitrogens is 4. The lowest BCUT2D eigenvalue weighted by Crippen LogP contribution is -2.35. The Morgan fingerprint density at radius 1 is 1.13 bits per heavy atom. The molecule has 1 saturated carbocycles. The minimum atomic E-state index is -0.813. The van der Waals surface area contributed by atoms with E-state index in [0.717, 1.165) is 32.7 Å². The average Bonchev–Trinajstić information content (AvgIpc) is 3.42. The van der Waals surface area contributed by atoms with Crippen LogP contribution in [-0.2, 0) is 0 Å². The number of thiazole rings is 1. The van der Waals surface area contributed by atoms with Crippen LogP contribution >= 0.6 is 11.3 Å². The molecule has 1 aromatic carbocycles. The number of aliphatic hydroxyl groups is 2. The Kier molecular flexibility index (Phi) is 4.77. The Morgan fingerprint density at radius 2 is 1.93 bits per heavy atom. The van der Waals surface area contributed by atoms with E-state index in [2.05, 4.69) is 22.4 Å². The molecule has 0 saturated heterocycles. The number of fused-ring (bicyclic) bond motifs is 1. The van der Waals surface area contributed by atoms with Crippen molar-refractivity contribution in [1.29, 1.82) is 0 Å². The molecule has 3 aromatic heterocycles. The molecule has 3 N–H and O–H groups in total. The molecular weight excluding hydrogens is 398 g/mol. The van der Waals surface area contributed by atoms with Crippen LogP contribution in [0.3, 0.4) is 0 Å². The molecule has 4 atom stereocenters. The van der Waals surface area contributed by atoms with E-state index in [0.29, 0.717) is 12.1 Å². The fraction of sp³-hybridized carbons (Fsp3) is 0.318. The van der Waals surface area contributed by atoms with Crippen molar-refractivity contribution in [3.05, 3.63) is 53.5 Å². The zero-order valence-corrected chi connectivity index (χ0v) is 17.5. The van der Waals surface area contributed by atoms with Crippen LogP contribution in [0.1, 0.15) is 18.2 Å². The molecule has 3 heterocycles. The number of nitrogens with zero attached hydrogens (tertiary/aromatic N) is 4. The lowest BCUT2D eigenvalue weighted by Gasteiger charge is -2.19. The van der Waals surface area contributed by atoms with Crippen LogP contribution < -0.4 is 5.32 Å². The number of hydrogen-bond acceptors (Lipinski definition) is 7. The Labute approximate surface area is 178 Å². The summed E-state index contributed by atoms with van der Waals surface area (Å²) >= 11 is 1.65. The summed E-state index contributed by atoms with van der Waals surface area (Å²) in [6, 6.07) is 13.6. The monoisotopic (exact) mass is 421 g/mol. The van der Waals surface area contributed by atoms with Crippen LogP contribution in [0.2, 0.25) is 0 Å². The van der Waals surface area contributed by atoms with Crippen molar-refractivity contribution in [2.24, 2.45) is 5.92 Å². The van der Waals surface area contributed by atoms with E-state index >= 15 is 0 Å². The van der Waals surface area contributed by atoms with E-state index in [4.69, 9.17) is 10.1 Å². The summed E-state index contributed by atoms with van der Waals surface area (Å²) in [6.07, 6.45) is 0.869. The van der Waals surface area contributed by atoms with Crippen molar-refractivity contribution in [3.8, 4) is 22.0 Å². The molecule has 154 valence electrons. The highest BCUT2D eigenvalue weighted by Crippen LogP contribution is 2.34. The number of aliphatic hydroxyl groups excluding tert-OH is 2. The van der Waals surface area contributed by atoms with Crippen molar-refractivity contribution in [3.63, 3.8) is 0 Å². The van der Waals surface area contributed by atoms with Gasteiger partial charge in [-0.15, -0.1) is 11.3 Å².